The van der Waals surface area contributed by atoms with E-state index in [1.807, 2.05) is 4.68 Å². The van der Waals surface area contributed by atoms with E-state index in [0.29, 0.717) is 0 Å². The maximum atomic E-state index is 6.26. The molecule has 1 atom stereocenters. The van der Waals surface area contributed by atoms with Crippen LogP contribution in [0.25, 0.3) is 0 Å². The second kappa shape index (κ2) is 5.79. The molecule has 0 saturated carbocycles. The van der Waals surface area contributed by atoms with E-state index in [2.05, 4.69) is 34.0 Å². The molecule has 2 N–H and O–H groups in total. The van der Waals surface area contributed by atoms with E-state index in [1.165, 1.54) is 24.0 Å². The first kappa shape index (κ1) is 13.4. The van der Waals surface area contributed by atoms with Crippen molar-refractivity contribution in [2.75, 3.05) is 0 Å². The summed E-state index contributed by atoms with van der Waals surface area (Å²) in [6.45, 7) is 3.86. The molecule has 0 spiro atoms. The highest BCUT2D eigenvalue weighted by molar-refractivity contribution is 5.29. The Morgan fingerprint density at radius 1 is 1.35 bits per heavy atom. The summed E-state index contributed by atoms with van der Waals surface area (Å²) in [5.74, 6) is 1.02. The van der Waals surface area contributed by atoms with E-state index in [0.717, 1.165) is 38.2 Å². The lowest BCUT2D eigenvalue weighted by Gasteiger charge is -2.08. The van der Waals surface area contributed by atoms with Gasteiger partial charge in [-0.05, 0) is 36.8 Å². The van der Waals surface area contributed by atoms with E-state index < -0.39 is 0 Å². The minimum absolute atomic E-state index is 0.197. The van der Waals surface area contributed by atoms with Crippen molar-refractivity contribution in [1.29, 1.82) is 0 Å². The predicted molar refractivity (Wildman–Crippen MR) is 78.3 cm³/mol. The Balaban J connectivity index is 1.81. The van der Waals surface area contributed by atoms with E-state index in [-0.39, 0.29) is 6.04 Å². The third-order valence-corrected chi connectivity index (χ3v) is 4.06. The minimum Gasteiger partial charge on any atom is -0.346 e. The molecule has 0 radical (unpaired) electrons. The molecule has 5 nitrogen and oxygen atoms in total. The van der Waals surface area contributed by atoms with Crippen LogP contribution in [0.3, 0.4) is 0 Å². The van der Waals surface area contributed by atoms with Gasteiger partial charge >= 0.3 is 0 Å². The fourth-order valence-electron chi connectivity index (χ4n) is 3.02. The molecule has 2 heterocycles. The molecule has 0 saturated heterocycles. The zero-order valence-electron chi connectivity index (χ0n) is 12.1. The highest BCUT2D eigenvalue weighted by Gasteiger charge is 2.17. The fraction of sp³-hybridized carbons (Fsp3) is 0.600. The Bertz CT molecular complexity index is 569. The van der Waals surface area contributed by atoms with Crippen LogP contribution >= 0.6 is 0 Å². The first-order valence-electron chi connectivity index (χ1n) is 7.58. The van der Waals surface area contributed by atoms with Gasteiger partial charge in [0.2, 0.25) is 0 Å². The molecule has 0 aromatic carbocycles. The van der Waals surface area contributed by atoms with Gasteiger partial charge in [0, 0.05) is 25.0 Å². The maximum absolute atomic E-state index is 6.26. The van der Waals surface area contributed by atoms with Crippen LogP contribution in [0.5, 0.6) is 0 Å². The molecular formula is C15H23N5. The van der Waals surface area contributed by atoms with Crippen LogP contribution in [0.15, 0.2) is 18.7 Å². The lowest BCUT2D eigenvalue weighted by Crippen LogP contribution is -2.10. The van der Waals surface area contributed by atoms with Crippen molar-refractivity contribution in [3.8, 4) is 0 Å². The maximum Gasteiger partial charge on any atom is 0.146 e. The van der Waals surface area contributed by atoms with Gasteiger partial charge in [-0.15, -0.1) is 0 Å². The Labute approximate surface area is 119 Å². The Morgan fingerprint density at radius 2 is 2.25 bits per heavy atom. The topological polar surface area (TPSA) is 61.7 Å². The number of nitrogens with zero attached hydrogens (tertiary/aromatic N) is 4. The molecule has 1 unspecified atom stereocenters. The Hall–Kier alpha value is -1.62. The van der Waals surface area contributed by atoms with Crippen LogP contribution in [0.1, 0.15) is 55.6 Å². The van der Waals surface area contributed by atoms with Gasteiger partial charge in [-0.25, -0.2) is 9.67 Å². The van der Waals surface area contributed by atoms with Crippen LogP contribution in [-0.4, -0.2) is 19.3 Å². The van der Waals surface area contributed by atoms with Gasteiger partial charge < -0.3 is 10.3 Å². The highest BCUT2D eigenvalue weighted by atomic mass is 15.3. The summed E-state index contributed by atoms with van der Waals surface area (Å²) in [7, 11) is 0. The largest absolute Gasteiger partial charge is 0.346 e. The molecule has 5 heteroatoms. The Kier molecular flexibility index (Phi) is 3.87. The van der Waals surface area contributed by atoms with Crippen molar-refractivity contribution in [1.82, 2.24) is 19.3 Å². The molecule has 0 aliphatic heterocycles. The molecule has 108 valence electrons. The molecule has 2 aromatic rings. The molecule has 0 bridgehead atoms. The van der Waals surface area contributed by atoms with Gasteiger partial charge in [0.25, 0.3) is 0 Å². The normalized spacial score (nSPS) is 18.8. The number of fused-ring (bicyclic) bond motifs is 1. The van der Waals surface area contributed by atoms with Crippen molar-refractivity contribution in [3.63, 3.8) is 0 Å². The zero-order valence-corrected chi connectivity index (χ0v) is 12.1. The second-order valence-corrected chi connectivity index (χ2v) is 5.66. The van der Waals surface area contributed by atoms with Crippen molar-refractivity contribution < 1.29 is 0 Å². The second-order valence-electron chi connectivity index (χ2n) is 5.66. The third-order valence-electron chi connectivity index (χ3n) is 4.06. The summed E-state index contributed by atoms with van der Waals surface area (Å²) in [5.41, 5.74) is 9.00. The standard InChI is InChI=1S/C15H23N5/c1-2-7-20-15(17-11-18-20)10-19-8-12-5-3-4-6-14(16)13(12)9-19/h8-9,11,14H,2-7,10,16H2,1H3. The summed E-state index contributed by atoms with van der Waals surface area (Å²) < 4.78 is 4.21. The van der Waals surface area contributed by atoms with Crippen LogP contribution in [0.4, 0.5) is 0 Å². The van der Waals surface area contributed by atoms with Gasteiger partial charge in [0.1, 0.15) is 12.2 Å². The molecule has 3 rings (SSSR count). The van der Waals surface area contributed by atoms with Crippen LogP contribution in [0, 0.1) is 0 Å². The first-order valence-corrected chi connectivity index (χ1v) is 7.58. The minimum atomic E-state index is 0.197. The first-order chi connectivity index (χ1) is 9.78. The van der Waals surface area contributed by atoms with E-state index in [4.69, 9.17) is 5.73 Å². The van der Waals surface area contributed by atoms with Crippen molar-refractivity contribution in [2.24, 2.45) is 5.73 Å². The number of nitrogens with two attached hydrogens (primary N) is 1. The molecule has 0 amide bonds. The summed E-state index contributed by atoms with van der Waals surface area (Å²) in [5, 5.41) is 4.28. The number of rotatable bonds is 4. The molecule has 2 aromatic heterocycles. The lowest BCUT2D eigenvalue weighted by molar-refractivity contribution is 0.552. The highest BCUT2D eigenvalue weighted by Crippen LogP contribution is 2.27. The SMILES string of the molecule is CCCn1ncnc1Cn1cc2c(c1)C(N)CCCC2. The van der Waals surface area contributed by atoms with Crippen LogP contribution in [0.2, 0.25) is 0 Å². The third kappa shape index (κ3) is 2.63. The Morgan fingerprint density at radius 3 is 3.10 bits per heavy atom. The van der Waals surface area contributed by atoms with Gasteiger partial charge in [0.05, 0.1) is 6.54 Å². The summed E-state index contributed by atoms with van der Waals surface area (Å²) in [6.07, 6.45) is 11.9. The van der Waals surface area contributed by atoms with E-state index in [9.17, 15) is 0 Å². The molecule has 0 fully saturated rings. The number of hydrogen-bond donors (Lipinski definition) is 1. The monoisotopic (exact) mass is 273 g/mol. The van der Waals surface area contributed by atoms with Crippen LogP contribution in [-0.2, 0) is 19.5 Å². The van der Waals surface area contributed by atoms with Crippen molar-refractivity contribution in [3.05, 3.63) is 35.7 Å². The number of aryl methyl sites for hydroxylation is 2. The van der Waals surface area contributed by atoms with Gasteiger partial charge in [-0.2, -0.15) is 5.10 Å². The van der Waals surface area contributed by atoms with Crippen molar-refractivity contribution in [2.45, 2.75) is 58.2 Å². The molecular weight excluding hydrogens is 250 g/mol. The molecule has 20 heavy (non-hydrogen) atoms. The number of hydrogen-bond acceptors (Lipinski definition) is 3. The number of aromatic nitrogens is 4. The van der Waals surface area contributed by atoms with E-state index in [1.54, 1.807) is 6.33 Å². The zero-order chi connectivity index (χ0) is 13.9. The van der Waals surface area contributed by atoms with Gasteiger partial charge in [-0.3, -0.25) is 0 Å². The quantitative estimate of drug-likeness (QED) is 0.869. The molecule has 1 aliphatic rings. The summed E-state index contributed by atoms with van der Waals surface area (Å²) in [6, 6.07) is 0.197. The van der Waals surface area contributed by atoms with Gasteiger partial charge in [-0.1, -0.05) is 13.3 Å². The molecule has 1 aliphatic carbocycles. The average molecular weight is 273 g/mol. The fourth-order valence-corrected chi connectivity index (χ4v) is 3.02. The predicted octanol–water partition coefficient (Wildman–Crippen LogP) is 2.26. The van der Waals surface area contributed by atoms with Gasteiger partial charge in [0.15, 0.2) is 0 Å². The average Bonchev–Trinajstić information content (AvgIpc) is 2.99. The summed E-state index contributed by atoms with van der Waals surface area (Å²) >= 11 is 0. The van der Waals surface area contributed by atoms with Crippen molar-refractivity contribution >= 4 is 0 Å². The van der Waals surface area contributed by atoms with Crippen LogP contribution < -0.4 is 5.73 Å². The lowest BCUT2D eigenvalue weighted by atomic mass is 10.1. The smallest absolute Gasteiger partial charge is 0.146 e. The van der Waals surface area contributed by atoms with E-state index >= 15 is 0 Å². The summed E-state index contributed by atoms with van der Waals surface area (Å²) in [4.78, 5) is 4.37.